The minimum atomic E-state index is 0.0448. The average molecular weight is 609 g/mol. The lowest BCUT2D eigenvalue weighted by molar-refractivity contribution is 0.483. The van der Waals surface area contributed by atoms with Gasteiger partial charge in [-0.15, -0.1) is 0 Å². The first-order valence-electron chi connectivity index (χ1n) is 16.0. The summed E-state index contributed by atoms with van der Waals surface area (Å²) in [6.45, 7) is 6.66. The molecule has 0 radical (unpaired) electrons. The normalized spacial score (nSPS) is 12.1. The molecule has 5 heteroatoms. The Kier molecular flexibility index (Phi) is 6.00. The lowest BCUT2D eigenvalue weighted by atomic mass is 9.87. The third-order valence-corrected chi connectivity index (χ3v) is 9.22. The molecule has 9 aromatic rings. The van der Waals surface area contributed by atoms with Gasteiger partial charge in [-0.2, -0.15) is 0 Å². The van der Waals surface area contributed by atoms with E-state index >= 15 is 0 Å². The van der Waals surface area contributed by atoms with Crippen LogP contribution in [0.4, 0.5) is 0 Å². The Balaban J connectivity index is 1.20. The van der Waals surface area contributed by atoms with E-state index in [0.717, 1.165) is 55.8 Å². The molecule has 5 nitrogen and oxygen atoms in total. The van der Waals surface area contributed by atoms with Crippen molar-refractivity contribution in [3.05, 3.63) is 145 Å². The van der Waals surface area contributed by atoms with Crippen LogP contribution < -0.4 is 4.74 Å². The van der Waals surface area contributed by atoms with Crippen molar-refractivity contribution in [2.45, 2.75) is 26.2 Å². The Hall–Kier alpha value is -5.94. The molecule has 47 heavy (non-hydrogen) atoms. The molecule has 4 heterocycles. The summed E-state index contributed by atoms with van der Waals surface area (Å²) in [7, 11) is 0. The van der Waals surface area contributed by atoms with Gasteiger partial charge < -0.3 is 9.30 Å². The maximum absolute atomic E-state index is 6.50. The summed E-state index contributed by atoms with van der Waals surface area (Å²) in [6, 6.07) is 42.6. The first kappa shape index (κ1) is 27.4. The number of hydrogen-bond acceptors (Lipinski definition) is 3. The summed E-state index contributed by atoms with van der Waals surface area (Å²) in [4.78, 5) is 9.48. The molecule has 0 spiro atoms. The van der Waals surface area contributed by atoms with Crippen molar-refractivity contribution in [3.63, 3.8) is 0 Å². The average Bonchev–Trinajstić information content (AvgIpc) is 3.71. The van der Waals surface area contributed by atoms with Crippen molar-refractivity contribution in [2.24, 2.45) is 0 Å². The van der Waals surface area contributed by atoms with E-state index in [1.54, 1.807) is 0 Å². The maximum atomic E-state index is 6.50. The van der Waals surface area contributed by atoms with Crippen molar-refractivity contribution < 1.29 is 4.74 Å². The van der Waals surface area contributed by atoms with Gasteiger partial charge in [0.05, 0.1) is 22.2 Å². The Morgan fingerprint density at radius 2 is 1.34 bits per heavy atom. The number of aromatic nitrogens is 4. The van der Waals surface area contributed by atoms with Gasteiger partial charge in [0.15, 0.2) is 0 Å². The van der Waals surface area contributed by atoms with E-state index in [0.29, 0.717) is 0 Å². The van der Waals surface area contributed by atoms with Crippen LogP contribution in [0.15, 0.2) is 140 Å². The second-order valence-electron chi connectivity index (χ2n) is 13.2. The fourth-order valence-electron chi connectivity index (χ4n) is 6.89. The Bertz CT molecular complexity index is 2640. The highest BCUT2D eigenvalue weighted by molar-refractivity contribution is 6.19. The van der Waals surface area contributed by atoms with E-state index in [1.165, 1.54) is 27.4 Å². The molecule has 0 unspecified atom stereocenters. The van der Waals surface area contributed by atoms with Gasteiger partial charge in [0.2, 0.25) is 0 Å². The van der Waals surface area contributed by atoms with E-state index in [-0.39, 0.29) is 5.41 Å². The van der Waals surface area contributed by atoms with Gasteiger partial charge in [-0.3, -0.25) is 9.38 Å². The van der Waals surface area contributed by atoms with Crippen LogP contribution in [0.25, 0.3) is 66.1 Å². The molecule has 0 bridgehead atoms. The van der Waals surface area contributed by atoms with Crippen LogP contribution in [-0.2, 0) is 5.41 Å². The molecule has 226 valence electrons. The highest BCUT2D eigenvalue weighted by atomic mass is 16.5. The van der Waals surface area contributed by atoms with Crippen molar-refractivity contribution in [1.82, 2.24) is 18.9 Å². The standard InChI is InChI=1S/C42H32N4O/c1-42(2,3)28-18-19-43-37(23-28)27-10-9-13-30(22-27)47-31-16-17-32-34-26-40-35(25-39(34)45-21-20-44-41(45)36(32)24-31)33-14-7-8-15-38(33)46(40)29-11-5-4-6-12-29/h4-26H,1-3H3. The zero-order chi connectivity index (χ0) is 31.7. The molecule has 4 aromatic heterocycles. The quantitative estimate of drug-likeness (QED) is 0.187. The summed E-state index contributed by atoms with van der Waals surface area (Å²) >= 11 is 0. The number of ether oxygens (including phenoxy) is 1. The first-order valence-corrected chi connectivity index (χ1v) is 16.0. The number of rotatable bonds is 4. The van der Waals surface area contributed by atoms with Crippen LogP contribution in [0.3, 0.4) is 0 Å². The summed E-state index contributed by atoms with van der Waals surface area (Å²) in [5.41, 5.74) is 8.79. The summed E-state index contributed by atoms with van der Waals surface area (Å²) in [5, 5.41) is 5.78. The van der Waals surface area contributed by atoms with Crippen LogP contribution in [0, 0.1) is 0 Å². The second kappa shape index (κ2) is 10.3. The van der Waals surface area contributed by atoms with Crippen molar-refractivity contribution in [2.75, 3.05) is 0 Å². The van der Waals surface area contributed by atoms with Crippen molar-refractivity contribution in [3.8, 4) is 28.4 Å². The molecule has 0 fully saturated rings. The topological polar surface area (TPSA) is 44.4 Å². The number of benzene rings is 5. The molecule has 0 aliphatic heterocycles. The Morgan fingerprint density at radius 1 is 0.553 bits per heavy atom. The molecule has 0 saturated heterocycles. The smallest absolute Gasteiger partial charge is 0.145 e. The number of nitrogens with zero attached hydrogens (tertiary/aromatic N) is 4. The molecule has 0 amide bonds. The van der Waals surface area contributed by atoms with Gasteiger partial charge in [-0.25, -0.2) is 4.98 Å². The van der Waals surface area contributed by atoms with Gasteiger partial charge in [0, 0.05) is 51.4 Å². The van der Waals surface area contributed by atoms with Crippen molar-refractivity contribution >= 4 is 49.1 Å². The number of hydrogen-bond donors (Lipinski definition) is 0. The highest BCUT2D eigenvalue weighted by Crippen LogP contribution is 2.39. The van der Waals surface area contributed by atoms with E-state index in [2.05, 4.69) is 150 Å². The zero-order valence-electron chi connectivity index (χ0n) is 26.5. The SMILES string of the molecule is CC(C)(C)c1ccnc(-c2cccc(Oc3ccc4c5cc6c(cc5n5ccnc5c4c3)c3ccccc3n6-c3ccccc3)c2)c1. The maximum Gasteiger partial charge on any atom is 0.145 e. The largest absolute Gasteiger partial charge is 0.457 e. The lowest BCUT2D eigenvalue weighted by Gasteiger charge is -2.19. The number of imidazole rings is 1. The van der Waals surface area contributed by atoms with Crippen LogP contribution >= 0.6 is 0 Å². The van der Waals surface area contributed by atoms with Gasteiger partial charge in [-0.1, -0.05) is 69.3 Å². The summed E-state index contributed by atoms with van der Waals surface area (Å²) in [5.74, 6) is 1.52. The van der Waals surface area contributed by atoms with E-state index in [9.17, 15) is 0 Å². The van der Waals surface area contributed by atoms with Gasteiger partial charge in [0.25, 0.3) is 0 Å². The van der Waals surface area contributed by atoms with Gasteiger partial charge in [0.1, 0.15) is 17.1 Å². The second-order valence-corrected chi connectivity index (χ2v) is 13.2. The Morgan fingerprint density at radius 3 is 2.21 bits per heavy atom. The molecule has 0 N–H and O–H groups in total. The van der Waals surface area contributed by atoms with Crippen LogP contribution in [0.2, 0.25) is 0 Å². The fourth-order valence-corrected chi connectivity index (χ4v) is 6.89. The Labute approximate surface area is 272 Å². The monoisotopic (exact) mass is 608 g/mol. The highest BCUT2D eigenvalue weighted by Gasteiger charge is 2.18. The van der Waals surface area contributed by atoms with Crippen LogP contribution in [-0.4, -0.2) is 18.9 Å². The molecule has 9 rings (SSSR count). The number of para-hydroxylation sites is 2. The van der Waals surface area contributed by atoms with Crippen LogP contribution in [0.1, 0.15) is 26.3 Å². The molecule has 0 atom stereocenters. The summed E-state index contributed by atoms with van der Waals surface area (Å²) in [6.07, 6.45) is 5.82. The predicted molar refractivity (Wildman–Crippen MR) is 193 cm³/mol. The van der Waals surface area contributed by atoms with Gasteiger partial charge in [-0.05, 0) is 89.2 Å². The molecule has 0 saturated carbocycles. The van der Waals surface area contributed by atoms with E-state index in [1.807, 2.05) is 24.5 Å². The van der Waals surface area contributed by atoms with Gasteiger partial charge >= 0.3 is 0 Å². The first-order chi connectivity index (χ1) is 22.9. The predicted octanol–water partition coefficient (Wildman–Crippen LogP) is 10.9. The zero-order valence-corrected chi connectivity index (χ0v) is 26.5. The van der Waals surface area contributed by atoms with Crippen LogP contribution in [0.5, 0.6) is 11.5 Å². The molecule has 0 aliphatic rings. The fraction of sp³-hybridized carbons (Fsp3) is 0.0952. The number of fused-ring (bicyclic) bond motifs is 9. The van der Waals surface area contributed by atoms with E-state index < -0.39 is 0 Å². The number of pyridine rings is 2. The third kappa shape index (κ3) is 4.46. The molecular formula is C42H32N4O. The molecular weight excluding hydrogens is 576 g/mol. The molecule has 5 aromatic carbocycles. The minimum Gasteiger partial charge on any atom is -0.457 e. The third-order valence-electron chi connectivity index (χ3n) is 9.22. The lowest BCUT2D eigenvalue weighted by Crippen LogP contribution is -2.11. The minimum absolute atomic E-state index is 0.0448. The molecule has 0 aliphatic carbocycles. The van der Waals surface area contributed by atoms with Crippen molar-refractivity contribution in [1.29, 1.82) is 0 Å². The summed E-state index contributed by atoms with van der Waals surface area (Å²) < 4.78 is 11.1. The van der Waals surface area contributed by atoms with E-state index in [4.69, 9.17) is 9.72 Å².